The number of piperazine rings is 1. The Balaban J connectivity index is 1.22. The minimum absolute atomic E-state index is 0.0769. The molecule has 0 aliphatic carbocycles. The van der Waals surface area contributed by atoms with Crippen molar-refractivity contribution in [3.05, 3.63) is 23.7 Å². The van der Waals surface area contributed by atoms with Crippen LogP contribution in [-0.2, 0) is 14.3 Å². The lowest BCUT2D eigenvalue weighted by molar-refractivity contribution is -0.187. The second-order valence-electron chi connectivity index (χ2n) is 7.47. The van der Waals surface area contributed by atoms with Crippen LogP contribution in [0.3, 0.4) is 0 Å². The van der Waals surface area contributed by atoms with Gasteiger partial charge in [-0.2, -0.15) is 0 Å². The molecule has 27 heavy (non-hydrogen) atoms. The van der Waals surface area contributed by atoms with Gasteiger partial charge in [-0.25, -0.2) is 0 Å². The molecule has 0 bridgehead atoms. The number of furan rings is 1. The number of carbonyl (C=O) groups is 2. The third-order valence-corrected chi connectivity index (χ3v) is 5.66. The van der Waals surface area contributed by atoms with E-state index in [1.165, 1.54) is 0 Å². The Bertz CT molecular complexity index is 679. The first kappa shape index (κ1) is 18.5. The van der Waals surface area contributed by atoms with Crippen molar-refractivity contribution >= 4 is 11.8 Å². The molecular weight excluding hydrogens is 350 g/mol. The van der Waals surface area contributed by atoms with E-state index >= 15 is 0 Å². The van der Waals surface area contributed by atoms with E-state index < -0.39 is 5.79 Å². The monoisotopic (exact) mass is 377 g/mol. The number of nitrogens with zero attached hydrogens (tertiary/aromatic N) is 3. The maximum absolute atomic E-state index is 12.6. The number of amides is 2. The zero-order valence-corrected chi connectivity index (χ0v) is 15.8. The summed E-state index contributed by atoms with van der Waals surface area (Å²) < 4.78 is 16.9. The fourth-order valence-electron chi connectivity index (χ4n) is 3.99. The average Bonchev–Trinajstić information content (AvgIpc) is 3.32. The second-order valence-corrected chi connectivity index (χ2v) is 7.47. The molecule has 3 aliphatic rings. The number of carbonyl (C=O) groups excluding carboxylic acids is 2. The normalized spacial score (nSPS) is 23.1. The van der Waals surface area contributed by atoms with Crippen LogP contribution in [-0.4, -0.2) is 91.3 Å². The molecule has 8 heteroatoms. The standard InChI is InChI=1S/C19H27N3O5/c1-15-2-3-16(27-15)18(24)22-10-8-20(9-11-22)14-17(23)21-6-4-19(5-7-21)25-12-13-26-19/h2-3H,4-14H2,1H3. The third-order valence-electron chi connectivity index (χ3n) is 5.66. The molecule has 8 nitrogen and oxygen atoms in total. The molecule has 3 aliphatic heterocycles. The second kappa shape index (κ2) is 7.61. The SMILES string of the molecule is Cc1ccc(C(=O)N2CCN(CC(=O)N3CCC4(CC3)OCCO4)CC2)o1. The van der Waals surface area contributed by atoms with Gasteiger partial charge < -0.3 is 23.7 Å². The summed E-state index contributed by atoms with van der Waals surface area (Å²) in [5, 5.41) is 0. The Morgan fingerprint density at radius 3 is 2.22 bits per heavy atom. The van der Waals surface area contributed by atoms with Gasteiger partial charge in [-0.1, -0.05) is 0 Å². The molecule has 2 amide bonds. The van der Waals surface area contributed by atoms with Gasteiger partial charge in [0.25, 0.3) is 5.91 Å². The molecule has 1 spiro atoms. The summed E-state index contributed by atoms with van der Waals surface area (Å²) in [4.78, 5) is 30.9. The summed E-state index contributed by atoms with van der Waals surface area (Å²) in [6.07, 6.45) is 1.48. The molecular formula is C19H27N3O5. The van der Waals surface area contributed by atoms with Crippen molar-refractivity contribution in [1.29, 1.82) is 0 Å². The van der Waals surface area contributed by atoms with Crippen LogP contribution in [0.2, 0.25) is 0 Å². The minimum Gasteiger partial charge on any atom is -0.456 e. The predicted molar refractivity (Wildman–Crippen MR) is 96.2 cm³/mol. The Morgan fingerprint density at radius 2 is 1.63 bits per heavy atom. The maximum Gasteiger partial charge on any atom is 0.289 e. The van der Waals surface area contributed by atoms with Crippen LogP contribution in [0.5, 0.6) is 0 Å². The molecule has 1 aromatic rings. The average molecular weight is 377 g/mol. The lowest BCUT2D eigenvalue weighted by Gasteiger charge is -2.39. The highest BCUT2D eigenvalue weighted by Gasteiger charge is 2.41. The topological polar surface area (TPSA) is 75.5 Å². The van der Waals surface area contributed by atoms with Crippen molar-refractivity contribution in [2.45, 2.75) is 25.6 Å². The van der Waals surface area contributed by atoms with Crippen molar-refractivity contribution in [1.82, 2.24) is 14.7 Å². The number of likely N-dealkylation sites (tertiary alicyclic amines) is 1. The molecule has 0 unspecified atom stereocenters. The predicted octanol–water partition coefficient (Wildman–Crippen LogP) is 0.711. The quantitative estimate of drug-likeness (QED) is 0.772. The van der Waals surface area contributed by atoms with E-state index in [1.807, 2.05) is 11.8 Å². The van der Waals surface area contributed by atoms with E-state index in [1.54, 1.807) is 17.0 Å². The summed E-state index contributed by atoms with van der Waals surface area (Å²) in [6.45, 7) is 7.48. The third kappa shape index (κ3) is 4.02. The zero-order valence-electron chi connectivity index (χ0n) is 15.8. The van der Waals surface area contributed by atoms with Crippen LogP contribution >= 0.6 is 0 Å². The van der Waals surface area contributed by atoms with E-state index in [9.17, 15) is 9.59 Å². The molecule has 3 saturated heterocycles. The highest BCUT2D eigenvalue weighted by atomic mass is 16.7. The largest absolute Gasteiger partial charge is 0.456 e. The van der Waals surface area contributed by atoms with Gasteiger partial charge in [-0.15, -0.1) is 0 Å². The lowest BCUT2D eigenvalue weighted by atomic mass is 10.0. The summed E-state index contributed by atoms with van der Waals surface area (Å²) in [6, 6.07) is 3.51. The van der Waals surface area contributed by atoms with E-state index in [4.69, 9.17) is 13.9 Å². The van der Waals surface area contributed by atoms with Crippen molar-refractivity contribution in [2.75, 3.05) is 59.0 Å². The zero-order chi connectivity index (χ0) is 18.9. The number of rotatable bonds is 3. The van der Waals surface area contributed by atoms with Gasteiger partial charge in [0.1, 0.15) is 5.76 Å². The molecule has 3 fully saturated rings. The number of ether oxygens (including phenoxy) is 2. The first-order valence-electron chi connectivity index (χ1n) is 9.68. The lowest BCUT2D eigenvalue weighted by Crippen LogP contribution is -2.53. The number of aryl methyl sites for hydroxylation is 1. The van der Waals surface area contributed by atoms with Crippen molar-refractivity contribution in [3.8, 4) is 0 Å². The van der Waals surface area contributed by atoms with E-state index in [2.05, 4.69) is 4.90 Å². The highest BCUT2D eigenvalue weighted by molar-refractivity contribution is 5.91. The molecule has 1 aromatic heterocycles. The van der Waals surface area contributed by atoms with E-state index in [0.717, 1.165) is 18.6 Å². The number of hydrogen-bond donors (Lipinski definition) is 0. The Kier molecular flexibility index (Phi) is 5.21. The van der Waals surface area contributed by atoms with Crippen LogP contribution in [0, 0.1) is 6.92 Å². The van der Waals surface area contributed by atoms with Crippen molar-refractivity contribution in [3.63, 3.8) is 0 Å². The van der Waals surface area contributed by atoms with Crippen LogP contribution in [0.1, 0.15) is 29.2 Å². The molecule has 148 valence electrons. The minimum atomic E-state index is -0.451. The Hall–Kier alpha value is -1.90. The van der Waals surface area contributed by atoms with Gasteiger partial charge in [-0.05, 0) is 19.1 Å². The van der Waals surface area contributed by atoms with Crippen molar-refractivity contribution in [2.24, 2.45) is 0 Å². The van der Waals surface area contributed by atoms with Crippen LogP contribution in [0.25, 0.3) is 0 Å². The van der Waals surface area contributed by atoms with Gasteiger partial charge in [0.05, 0.1) is 19.8 Å². The van der Waals surface area contributed by atoms with Gasteiger partial charge in [0.2, 0.25) is 5.91 Å². The molecule has 0 aromatic carbocycles. The molecule has 4 rings (SSSR count). The van der Waals surface area contributed by atoms with Gasteiger partial charge >= 0.3 is 0 Å². The summed E-state index contributed by atoms with van der Waals surface area (Å²) in [5.74, 6) is 0.735. The molecule has 0 saturated carbocycles. The van der Waals surface area contributed by atoms with E-state index in [0.29, 0.717) is 64.8 Å². The fraction of sp³-hybridized carbons (Fsp3) is 0.684. The van der Waals surface area contributed by atoms with Gasteiger partial charge in [0, 0.05) is 52.1 Å². The molecule has 4 heterocycles. The van der Waals surface area contributed by atoms with E-state index in [-0.39, 0.29) is 11.8 Å². The molecule has 0 N–H and O–H groups in total. The molecule has 0 radical (unpaired) electrons. The maximum atomic E-state index is 12.6. The fourth-order valence-corrected chi connectivity index (χ4v) is 3.99. The van der Waals surface area contributed by atoms with Crippen LogP contribution in [0.15, 0.2) is 16.5 Å². The van der Waals surface area contributed by atoms with Crippen LogP contribution < -0.4 is 0 Å². The highest BCUT2D eigenvalue weighted by Crippen LogP contribution is 2.31. The number of piperidine rings is 1. The summed E-state index contributed by atoms with van der Waals surface area (Å²) in [5.41, 5.74) is 0. The molecule has 0 atom stereocenters. The van der Waals surface area contributed by atoms with Gasteiger partial charge in [0.15, 0.2) is 11.5 Å². The number of hydrogen-bond acceptors (Lipinski definition) is 6. The first-order valence-corrected chi connectivity index (χ1v) is 9.68. The summed E-state index contributed by atoms with van der Waals surface area (Å²) in [7, 11) is 0. The van der Waals surface area contributed by atoms with Crippen molar-refractivity contribution < 1.29 is 23.5 Å². The Labute approximate surface area is 159 Å². The first-order chi connectivity index (χ1) is 13.0. The van der Waals surface area contributed by atoms with Crippen LogP contribution in [0.4, 0.5) is 0 Å². The Morgan fingerprint density at radius 1 is 0.963 bits per heavy atom. The summed E-state index contributed by atoms with van der Waals surface area (Å²) >= 11 is 0. The van der Waals surface area contributed by atoms with Gasteiger partial charge in [-0.3, -0.25) is 14.5 Å². The smallest absolute Gasteiger partial charge is 0.289 e.